The van der Waals surface area contributed by atoms with Crippen molar-refractivity contribution in [2.75, 3.05) is 19.7 Å². The molecular weight excluding hydrogens is 285 g/mol. The van der Waals surface area contributed by atoms with Crippen molar-refractivity contribution in [3.8, 4) is 0 Å². The van der Waals surface area contributed by atoms with E-state index in [0.29, 0.717) is 12.5 Å². The Morgan fingerprint density at radius 2 is 2.29 bits per heavy atom. The third kappa shape index (κ3) is 3.50. The number of hydrogen-bond donors (Lipinski definition) is 1. The number of aliphatic hydroxyl groups is 1. The molecule has 1 N–H and O–H groups in total. The Labute approximate surface area is 110 Å². The maximum absolute atomic E-state index is 13.7. The molecule has 1 aliphatic heterocycles. The molecule has 1 atom stereocenters. The summed E-state index contributed by atoms with van der Waals surface area (Å²) in [5.41, 5.74) is 0.729. The van der Waals surface area contributed by atoms with Crippen LogP contribution in [-0.2, 0) is 6.54 Å². The van der Waals surface area contributed by atoms with Gasteiger partial charge in [0.05, 0.1) is 0 Å². The minimum atomic E-state index is -0.162. The third-order valence-electron chi connectivity index (χ3n) is 3.27. The topological polar surface area (TPSA) is 23.5 Å². The molecule has 0 spiro atoms. The van der Waals surface area contributed by atoms with Crippen LogP contribution in [0.4, 0.5) is 4.39 Å². The van der Waals surface area contributed by atoms with E-state index in [-0.39, 0.29) is 12.4 Å². The largest absolute Gasteiger partial charge is 0.396 e. The van der Waals surface area contributed by atoms with Gasteiger partial charge in [-0.3, -0.25) is 4.90 Å². The first-order chi connectivity index (χ1) is 8.19. The van der Waals surface area contributed by atoms with E-state index in [1.807, 2.05) is 12.1 Å². The summed E-state index contributed by atoms with van der Waals surface area (Å²) in [7, 11) is 0. The summed E-state index contributed by atoms with van der Waals surface area (Å²) in [5, 5.41) is 9.16. The first-order valence-electron chi connectivity index (χ1n) is 5.96. The Kier molecular flexibility index (Phi) is 4.54. The molecule has 2 rings (SSSR count). The summed E-state index contributed by atoms with van der Waals surface area (Å²) in [6, 6.07) is 5.19. The van der Waals surface area contributed by atoms with E-state index >= 15 is 0 Å². The molecule has 1 aromatic carbocycles. The van der Waals surface area contributed by atoms with Crippen molar-refractivity contribution in [2.24, 2.45) is 5.92 Å². The Balaban J connectivity index is 2.00. The highest BCUT2D eigenvalue weighted by molar-refractivity contribution is 9.10. The van der Waals surface area contributed by atoms with Crippen LogP contribution in [0.2, 0.25) is 0 Å². The van der Waals surface area contributed by atoms with Crippen LogP contribution in [0.1, 0.15) is 18.4 Å². The van der Waals surface area contributed by atoms with Crippen LogP contribution in [0.15, 0.2) is 22.7 Å². The van der Waals surface area contributed by atoms with Gasteiger partial charge in [-0.2, -0.15) is 0 Å². The zero-order valence-electron chi connectivity index (χ0n) is 9.70. The molecule has 1 unspecified atom stereocenters. The van der Waals surface area contributed by atoms with Gasteiger partial charge >= 0.3 is 0 Å². The quantitative estimate of drug-likeness (QED) is 0.928. The normalized spacial score (nSPS) is 21.7. The van der Waals surface area contributed by atoms with Crippen LogP contribution in [-0.4, -0.2) is 29.7 Å². The molecule has 0 radical (unpaired) electrons. The third-order valence-corrected chi connectivity index (χ3v) is 3.76. The van der Waals surface area contributed by atoms with Crippen LogP contribution in [0.5, 0.6) is 0 Å². The van der Waals surface area contributed by atoms with E-state index in [9.17, 15) is 4.39 Å². The van der Waals surface area contributed by atoms with Gasteiger partial charge in [0, 0.05) is 29.7 Å². The fraction of sp³-hybridized carbons (Fsp3) is 0.538. The number of rotatable bonds is 3. The Bertz CT molecular complexity index is 386. The standard InChI is InChI=1S/C13H17BrFNO/c14-12-4-3-11(13(15)6-12)8-16-5-1-2-10(7-16)9-17/h3-4,6,10,17H,1-2,5,7-9H2. The number of hydrogen-bond acceptors (Lipinski definition) is 2. The van der Waals surface area contributed by atoms with Gasteiger partial charge in [0.15, 0.2) is 0 Å². The van der Waals surface area contributed by atoms with Crippen LogP contribution in [0.25, 0.3) is 0 Å². The fourth-order valence-corrected chi connectivity index (χ4v) is 2.67. The number of aliphatic hydroxyl groups excluding tert-OH is 1. The molecular formula is C13H17BrFNO. The predicted octanol–water partition coefficient (Wildman–Crippen LogP) is 2.79. The molecule has 0 bridgehead atoms. The molecule has 1 saturated heterocycles. The van der Waals surface area contributed by atoms with Crippen LogP contribution in [0.3, 0.4) is 0 Å². The second-order valence-corrected chi connectivity index (χ2v) is 5.58. The minimum absolute atomic E-state index is 0.162. The van der Waals surface area contributed by atoms with Gasteiger partial charge in [-0.1, -0.05) is 22.0 Å². The monoisotopic (exact) mass is 301 g/mol. The van der Waals surface area contributed by atoms with E-state index < -0.39 is 0 Å². The van der Waals surface area contributed by atoms with Crippen molar-refractivity contribution in [1.29, 1.82) is 0 Å². The molecule has 1 aliphatic rings. The smallest absolute Gasteiger partial charge is 0.128 e. The number of halogens is 2. The summed E-state index contributed by atoms with van der Waals surface area (Å²) in [6.45, 7) is 2.73. The van der Waals surface area contributed by atoms with E-state index in [1.54, 1.807) is 0 Å². The molecule has 17 heavy (non-hydrogen) atoms. The molecule has 0 saturated carbocycles. The first kappa shape index (κ1) is 13.0. The molecule has 1 aromatic rings. The predicted molar refractivity (Wildman–Crippen MR) is 69.2 cm³/mol. The summed E-state index contributed by atoms with van der Waals surface area (Å²) in [6.07, 6.45) is 2.17. The van der Waals surface area contributed by atoms with E-state index in [1.165, 1.54) is 6.07 Å². The average molecular weight is 302 g/mol. The molecule has 1 heterocycles. The zero-order chi connectivity index (χ0) is 12.3. The van der Waals surface area contributed by atoms with Crippen LogP contribution in [0, 0.1) is 11.7 Å². The van der Waals surface area contributed by atoms with Gasteiger partial charge in [-0.15, -0.1) is 0 Å². The van der Waals surface area contributed by atoms with Gasteiger partial charge < -0.3 is 5.11 Å². The van der Waals surface area contributed by atoms with Crippen molar-refractivity contribution < 1.29 is 9.50 Å². The van der Waals surface area contributed by atoms with Gasteiger partial charge in [-0.25, -0.2) is 4.39 Å². The lowest BCUT2D eigenvalue weighted by atomic mass is 9.98. The van der Waals surface area contributed by atoms with Gasteiger partial charge in [0.2, 0.25) is 0 Å². The van der Waals surface area contributed by atoms with E-state index in [0.717, 1.165) is 36.0 Å². The lowest BCUT2D eigenvalue weighted by Gasteiger charge is -2.31. The highest BCUT2D eigenvalue weighted by Gasteiger charge is 2.19. The highest BCUT2D eigenvalue weighted by atomic mass is 79.9. The zero-order valence-corrected chi connectivity index (χ0v) is 11.3. The first-order valence-corrected chi connectivity index (χ1v) is 6.75. The van der Waals surface area contributed by atoms with Crippen LogP contribution >= 0.6 is 15.9 Å². The van der Waals surface area contributed by atoms with Crippen molar-refractivity contribution in [3.63, 3.8) is 0 Å². The van der Waals surface area contributed by atoms with Crippen molar-refractivity contribution in [1.82, 2.24) is 4.90 Å². The molecule has 0 amide bonds. The number of piperidine rings is 1. The number of likely N-dealkylation sites (tertiary alicyclic amines) is 1. The average Bonchev–Trinajstić information content (AvgIpc) is 2.33. The second kappa shape index (κ2) is 5.94. The Morgan fingerprint density at radius 1 is 1.47 bits per heavy atom. The molecule has 1 fully saturated rings. The second-order valence-electron chi connectivity index (χ2n) is 4.66. The SMILES string of the molecule is OCC1CCCN(Cc2ccc(Br)cc2F)C1. The highest BCUT2D eigenvalue weighted by Crippen LogP contribution is 2.21. The molecule has 0 aliphatic carbocycles. The minimum Gasteiger partial charge on any atom is -0.396 e. The maximum atomic E-state index is 13.7. The summed E-state index contributed by atoms with van der Waals surface area (Å²) >= 11 is 3.26. The molecule has 2 nitrogen and oxygen atoms in total. The van der Waals surface area contributed by atoms with Crippen molar-refractivity contribution in [2.45, 2.75) is 19.4 Å². The fourth-order valence-electron chi connectivity index (χ4n) is 2.33. The lowest BCUT2D eigenvalue weighted by Crippen LogP contribution is -2.36. The van der Waals surface area contributed by atoms with Gasteiger partial charge in [0.25, 0.3) is 0 Å². The summed E-state index contributed by atoms with van der Waals surface area (Å²) < 4.78 is 14.4. The summed E-state index contributed by atoms with van der Waals surface area (Å²) in [4.78, 5) is 2.22. The maximum Gasteiger partial charge on any atom is 0.128 e. The molecule has 0 aromatic heterocycles. The molecule has 94 valence electrons. The van der Waals surface area contributed by atoms with Gasteiger partial charge in [-0.05, 0) is 37.4 Å². The number of nitrogens with zero attached hydrogens (tertiary/aromatic N) is 1. The summed E-state index contributed by atoms with van der Waals surface area (Å²) in [5.74, 6) is 0.188. The van der Waals surface area contributed by atoms with Crippen molar-refractivity contribution >= 4 is 15.9 Å². The van der Waals surface area contributed by atoms with E-state index in [4.69, 9.17) is 5.11 Å². The molecule has 4 heteroatoms. The van der Waals surface area contributed by atoms with Crippen molar-refractivity contribution in [3.05, 3.63) is 34.1 Å². The number of benzene rings is 1. The van der Waals surface area contributed by atoms with Crippen LogP contribution < -0.4 is 0 Å². The van der Waals surface area contributed by atoms with E-state index in [2.05, 4.69) is 20.8 Å². The van der Waals surface area contributed by atoms with Gasteiger partial charge in [0.1, 0.15) is 5.82 Å². The lowest BCUT2D eigenvalue weighted by molar-refractivity contribution is 0.115. The Hall–Kier alpha value is -0.450. The Morgan fingerprint density at radius 3 is 3.00 bits per heavy atom.